The molecule has 1 aromatic carbocycles. The van der Waals surface area contributed by atoms with Crippen molar-refractivity contribution in [3.05, 3.63) is 30.9 Å². The van der Waals surface area contributed by atoms with Crippen molar-refractivity contribution in [2.45, 2.75) is 6.92 Å². The Balaban J connectivity index is 2.95. The molecule has 2 amide bonds. The molecule has 0 saturated carbocycles. The molecule has 1 rings (SSSR count). The Kier molecular flexibility index (Phi) is 4.30. The van der Waals surface area contributed by atoms with Crippen molar-refractivity contribution < 1.29 is 9.59 Å². The van der Waals surface area contributed by atoms with Gasteiger partial charge in [-0.05, 0) is 63.4 Å². The van der Waals surface area contributed by atoms with Gasteiger partial charge in [-0.25, -0.2) is 0 Å². The summed E-state index contributed by atoms with van der Waals surface area (Å²) in [5.41, 5.74) is 0.511. The molecule has 0 aliphatic heterocycles. The summed E-state index contributed by atoms with van der Waals surface area (Å²) in [5, 5.41) is 2.23. The molecule has 3 nitrogen and oxygen atoms in total. The lowest BCUT2D eigenvalue weighted by Crippen LogP contribution is -2.28. The average Bonchev–Trinajstić information content (AvgIpc) is 2.00. The molecule has 74 valence electrons. The number of carbonyl (C=O) groups excluding carboxylic acids is 2. The van der Waals surface area contributed by atoms with Gasteiger partial charge in [0.25, 0.3) is 5.91 Å². The third kappa shape index (κ3) is 3.52. The lowest BCUT2D eigenvalue weighted by molar-refractivity contribution is -0.118. The van der Waals surface area contributed by atoms with Gasteiger partial charge in [-0.2, -0.15) is 0 Å². The third-order valence-electron chi connectivity index (χ3n) is 1.41. The van der Waals surface area contributed by atoms with Crippen LogP contribution in [0.1, 0.15) is 17.3 Å². The van der Waals surface area contributed by atoms with Crippen LogP contribution in [0.4, 0.5) is 0 Å². The third-order valence-corrected chi connectivity index (χ3v) is 2.66. The minimum atomic E-state index is -0.353. The van der Waals surface area contributed by atoms with Gasteiger partial charge in [0.15, 0.2) is 0 Å². The van der Waals surface area contributed by atoms with Gasteiger partial charge in [0.1, 0.15) is 0 Å². The number of halogens is 2. The molecule has 0 atom stereocenters. The SMILES string of the molecule is CC(=O)NC(=O)c1cc(I)cc(I)c1. The molecule has 0 heterocycles. The number of hydrogen-bond donors (Lipinski definition) is 1. The smallest absolute Gasteiger partial charge is 0.257 e. The first-order chi connectivity index (χ1) is 6.49. The number of rotatable bonds is 1. The first-order valence-electron chi connectivity index (χ1n) is 3.77. The van der Waals surface area contributed by atoms with E-state index in [9.17, 15) is 9.59 Å². The van der Waals surface area contributed by atoms with E-state index in [4.69, 9.17) is 0 Å². The van der Waals surface area contributed by atoms with Crippen molar-refractivity contribution in [2.75, 3.05) is 0 Å². The Labute approximate surface area is 109 Å². The highest BCUT2D eigenvalue weighted by Gasteiger charge is 2.08. The molecular formula is C9H7I2NO2. The highest BCUT2D eigenvalue weighted by atomic mass is 127. The largest absolute Gasteiger partial charge is 0.293 e. The van der Waals surface area contributed by atoms with Crippen molar-refractivity contribution in [3.63, 3.8) is 0 Å². The van der Waals surface area contributed by atoms with Gasteiger partial charge in [-0.15, -0.1) is 0 Å². The van der Waals surface area contributed by atoms with Crippen LogP contribution in [0, 0.1) is 7.14 Å². The highest BCUT2D eigenvalue weighted by Crippen LogP contribution is 2.14. The topological polar surface area (TPSA) is 46.2 Å². The Morgan fingerprint density at radius 3 is 2.07 bits per heavy atom. The minimum Gasteiger partial charge on any atom is -0.293 e. The summed E-state index contributed by atoms with van der Waals surface area (Å²) < 4.78 is 1.95. The lowest BCUT2D eigenvalue weighted by Gasteiger charge is -2.02. The fraction of sp³-hybridized carbons (Fsp3) is 0.111. The van der Waals surface area contributed by atoms with Gasteiger partial charge < -0.3 is 0 Å². The van der Waals surface area contributed by atoms with Crippen LogP contribution < -0.4 is 5.32 Å². The zero-order valence-electron chi connectivity index (χ0n) is 7.30. The van der Waals surface area contributed by atoms with Crippen LogP contribution in [0.25, 0.3) is 0 Å². The standard InChI is InChI=1S/C9H7I2NO2/c1-5(13)12-9(14)6-2-7(10)4-8(11)3-6/h2-4H,1H3,(H,12,13,14). The first kappa shape index (κ1) is 11.9. The van der Waals surface area contributed by atoms with Crippen LogP contribution in [-0.4, -0.2) is 11.8 Å². The van der Waals surface area contributed by atoms with E-state index >= 15 is 0 Å². The summed E-state index contributed by atoms with van der Waals surface area (Å²) in [6, 6.07) is 5.42. The normalized spacial score (nSPS) is 9.64. The maximum absolute atomic E-state index is 11.4. The van der Waals surface area contributed by atoms with Crippen molar-refractivity contribution in [1.29, 1.82) is 0 Å². The van der Waals surface area contributed by atoms with Crippen LogP contribution in [0.2, 0.25) is 0 Å². The fourth-order valence-electron chi connectivity index (χ4n) is 0.917. The lowest BCUT2D eigenvalue weighted by atomic mass is 10.2. The number of amides is 2. The number of benzene rings is 1. The second-order valence-electron chi connectivity index (χ2n) is 2.67. The zero-order chi connectivity index (χ0) is 10.7. The van der Waals surface area contributed by atoms with Crippen molar-refractivity contribution in [3.8, 4) is 0 Å². The molecule has 14 heavy (non-hydrogen) atoms. The minimum absolute atomic E-state index is 0.344. The van der Waals surface area contributed by atoms with Crippen LogP contribution in [0.15, 0.2) is 18.2 Å². The van der Waals surface area contributed by atoms with E-state index in [1.54, 1.807) is 12.1 Å². The molecule has 0 aliphatic rings. The Hall–Kier alpha value is -0.180. The molecule has 1 aromatic rings. The molecule has 0 fully saturated rings. The molecule has 0 unspecified atom stereocenters. The maximum atomic E-state index is 11.4. The van der Waals surface area contributed by atoms with E-state index in [1.807, 2.05) is 6.07 Å². The number of imide groups is 1. The van der Waals surface area contributed by atoms with Gasteiger partial charge in [-0.3, -0.25) is 14.9 Å². The molecule has 0 saturated heterocycles. The quantitative estimate of drug-likeness (QED) is 0.716. The summed E-state index contributed by atoms with van der Waals surface area (Å²) in [4.78, 5) is 22.1. The molecule has 5 heteroatoms. The second-order valence-corrected chi connectivity index (χ2v) is 5.16. The van der Waals surface area contributed by atoms with Gasteiger partial charge in [-0.1, -0.05) is 0 Å². The highest BCUT2D eigenvalue weighted by molar-refractivity contribution is 14.1. The summed E-state index contributed by atoms with van der Waals surface area (Å²) in [5.74, 6) is -0.696. The Morgan fingerprint density at radius 2 is 1.64 bits per heavy atom. The Morgan fingerprint density at radius 1 is 1.14 bits per heavy atom. The number of carbonyl (C=O) groups is 2. The summed E-state index contributed by atoms with van der Waals surface area (Å²) in [6.07, 6.45) is 0. The van der Waals surface area contributed by atoms with Crippen LogP contribution in [0.3, 0.4) is 0 Å². The van der Waals surface area contributed by atoms with E-state index in [-0.39, 0.29) is 11.8 Å². The fourth-order valence-corrected chi connectivity index (χ4v) is 2.85. The van der Waals surface area contributed by atoms with Crippen molar-refractivity contribution in [1.82, 2.24) is 5.32 Å². The first-order valence-corrected chi connectivity index (χ1v) is 5.93. The van der Waals surface area contributed by atoms with Crippen molar-refractivity contribution >= 4 is 57.0 Å². The van der Waals surface area contributed by atoms with Gasteiger partial charge in [0.05, 0.1) is 0 Å². The number of nitrogens with one attached hydrogen (secondary N) is 1. The average molecular weight is 415 g/mol. The zero-order valence-corrected chi connectivity index (χ0v) is 11.6. The van der Waals surface area contributed by atoms with Crippen molar-refractivity contribution in [2.24, 2.45) is 0 Å². The van der Waals surface area contributed by atoms with E-state index < -0.39 is 0 Å². The predicted molar refractivity (Wildman–Crippen MR) is 70.0 cm³/mol. The van der Waals surface area contributed by atoms with Gasteiger partial charge >= 0.3 is 0 Å². The summed E-state index contributed by atoms with van der Waals surface area (Å²) in [7, 11) is 0. The molecule has 0 spiro atoms. The van der Waals surface area contributed by atoms with E-state index in [0.717, 1.165) is 7.14 Å². The molecule has 0 aliphatic carbocycles. The van der Waals surface area contributed by atoms with Gasteiger partial charge in [0, 0.05) is 19.6 Å². The van der Waals surface area contributed by atoms with E-state index in [0.29, 0.717) is 5.56 Å². The van der Waals surface area contributed by atoms with Crippen LogP contribution >= 0.6 is 45.2 Å². The summed E-state index contributed by atoms with van der Waals surface area (Å²) in [6.45, 7) is 1.32. The maximum Gasteiger partial charge on any atom is 0.257 e. The molecule has 1 N–H and O–H groups in total. The predicted octanol–water partition coefficient (Wildman–Crippen LogP) is 2.17. The molecule has 0 radical (unpaired) electrons. The van der Waals surface area contributed by atoms with E-state index in [2.05, 4.69) is 50.5 Å². The summed E-state index contributed by atoms with van der Waals surface area (Å²) >= 11 is 4.26. The second kappa shape index (κ2) is 5.06. The monoisotopic (exact) mass is 415 g/mol. The number of hydrogen-bond acceptors (Lipinski definition) is 2. The molecule has 0 bridgehead atoms. The Bertz CT molecular complexity index is 370. The van der Waals surface area contributed by atoms with Crippen LogP contribution in [0.5, 0.6) is 0 Å². The van der Waals surface area contributed by atoms with Gasteiger partial charge in [0.2, 0.25) is 5.91 Å². The van der Waals surface area contributed by atoms with Crippen LogP contribution in [-0.2, 0) is 4.79 Å². The molecular weight excluding hydrogens is 408 g/mol. The van der Waals surface area contributed by atoms with E-state index in [1.165, 1.54) is 6.92 Å². The molecule has 0 aromatic heterocycles.